The van der Waals surface area contributed by atoms with Gasteiger partial charge in [-0.3, -0.25) is 14.5 Å². The van der Waals surface area contributed by atoms with Crippen LogP contribution in [0.1, 0.15) is 66.2 Å². The number of allylic oxidation sites excluding steroid dienone is 1. The van der Waals surface area contributed by atoms with Crippen molar-refractivity contribution >= 4 is 17.8 Å². The number of carbonyl (C=O) groups excluding carboxylic acids is 2. The second kappa shape index (κ2) is 12.0. The third-order valence-electron chi connectivity index (χ3n) is 9.92. The number of rotatable bonds is 8. The summed E-state index contributed by atoms with van der Waals surface area (Å²) in [6.45, 7) is 3.62. The number of benzene rings is 2. The van der Waals surface area contributed by atoms with Crippen molar-refractivity contribution in [2.45, 2.75) is 63.3 Å². The maximum atomic E-state index is 13.4. The van der Waals surface area contributed by atoms with Gasteiger partial charge in [-0.15, -0.1) is 5.10 Å². The third kappa shape index (κ3) is 5.70. The minimum atomic E-state index is -0.0798. The van der Waals surface area contributed by atoms with Gasteiger partial charge in [0.2, 0.25) is 5.91 Å². The zero-order valence-corrected chi connectivity index (χ0v) is 24.7. The van der Waals surface area contributed by atoms with Gasteiger partial charge in [-0.2, -0.15) is 0 Å². The predicted molar refractivity (Wildman–Crippen MR) is 162 cm³/mol. The van der Waals surface area contributed by atoms with Gasteiger partial charge in [-0.1, -0.05) is 23.4 Å². The number of methoxy groups -OCH3 is 1. The van der Waals surface area contributed by atoms with Gasteiger partial charge in [0.1, 0.15) is 23.8 Å². The molecule has 4 fully saturated rings. The monoisotopic (exact) mass is 581 g/mol. The summed E-state index contributed by atoms with van der Waals surface area (Å²) in [6, 6.07) is 15.6. The smallest absolute Gasteiger partial charge is 0.224 e. The molecule has 0 spiro atoms. The molecule has 3 aromatic rings. The normalized spacial score (nSPS) is 27.0. The lowest BCUT2D eigenvalue weighted by Crippen LogP contribution is -2.67. The SMILES string of the molecule is COc1ccc(/C=C/C(=O)c2ccc(OCc3cn([C@H]4CC(=O)N5C[C@@H]6CCCN7CCC[C@@H]([C@H]67)[C@H]5C4)nn3)cc2)cc1. The molecule has 0 saturated carbocycles. The van der Waals surface area contributed by atoms with Crippen molar-refractivity contribution in [1.82, 2.24) is 24.8 Å². The molecular formula is C34H39N5O4. The van der Waals surface area contributed by atoms with Gasteiger partial charge in [0.25, 0.3) is 0 Å². The Morgan fingerprint density at radius 2 is 1.79 bits per heavy atom. The van der Waals surface area contributed by atoms with Crippen LogP contribution in [0.25, 0.3) is 6.08 Å². The van der Waals surface area contributed by atoms with Gasteiger partial charge < -0.3 is 14.4 Å². The fraction of sp³-hybridized carbons (Fsp3) is 0.471. The molecule has 9 nitrogen and oxygen atoms in total. The fourth-order valence-corrected chi connectivity index (χ4v) is 7.88. The van der Waals surface area contributed by atoms with Gasteiger partial charge in [0.05, 0.1) is 19.3 Å². The first-order valence-electron chi connectivity index (χ1n) is 15.6. The number of aromatic nitrogens is 3. The summed E-state index contributed by atoms with van der Waals surface area (Å²) in [6.07, 6.45) is 11.7. The number of fused-ring (bicyclic) bond motifs is 2. The highest BCUT2D eigenvalue weighted by Crippen LogP contribution is 2.46. The van der Waals surface area contributed by atoms with E-state index < -0.39 is 0 Å². The first-order valence-corrected chi connectivity index (χ1v) is 15.6. The van der Waals surface area contributed by atoms with E-state index in [0.29, 0.717) is 41.7 Å². The maximum Gasteiger partial charge on any atom is 0.224 e. The van der Waals surface area contributed by atoms with Crippen LogP contribution in [0.2, 0.25) is 0 Å². The lowest BCUT2D eigenvalue weighted by atomic mass is 9.67. The van der Waals surface area contributed by atoms with Crippen LogP contribution in [0, 0.1) is 11.8 Å². The Morgan fingerprint density at radius 3 is 2.58 bits per heavy atom. The number of carbonyl (C=O) groups is 2. The van der Waals surface area contributed by atoms with Gasteiger partial charge in [-0.25, -0.2) is 4.68 Å². The molecule has 1 aromatic heterocycles. The number of ketones is 1. The summed E-state index contributed by atoms with van der Waals surface area (Å²) < 4.78 is 13.0. The number of ether oxygens (including phenoxy) is 2. The average Bonchev–Trinajstić information content (AvgIpc) is 3.53. The van der Waals surface area contributed by atoms with E-state index in [2.05, 4.69) is 20.1 Å². The highest BCUT2D eigenvalue weighted by atomic mass is 16.5. The van der Waals surface area contributed by atoms with Gasteiger partial charge in [0, 0.05) is 30.6 Å². The predicted octanol–water partition coefficient (Wildman–Crippen LogP) is 4.80. The first-order chi connectivity index (χ1) is 21.1. The van der Waals surface area contributed by atoms with E-state index in [4.69, 9.17) is 9.47 Å². The zero-order valence-electron chi connectivity index (χ0n) is 24.7. The van der Waals surface area contributed by atoms with E-state index in [1.807, 2.05) is 35.1 Å². The van der Waals surface area contributed by atoms with Crippen molar-refractivity contribution in [3.63, 3.8) is 0 Å². The molecule has 0 radical (unpaired) electrons. The van der Waals surface area contributed by atoms with Crippen LogP contribution in [0.4, 0.5) is 0 Å². The van der Waals surface area contributed by atoms with E-state index in [1.165, 1.54) is 38.8 Å². The van der Waals surface area contributed by atoms with E-state index in [0.717, 1.165) is 30.0 Å². The number of hydrogen-bond acceptors (Lipinski definition) is 7. The maximum absolute atomic E-state index is 13.4. The highest BCUT2D eigenvalue weighted by Gasteiger charge is 2.52. The standard InChI is InChI=1S/C34H39N5O4/c1-42-28-11-6-23(7-12-28)8-15-32(40)24-9-13-29(14-10-24)43-22-26-21-39(36-35-26)27-18-31-30-5-3-17-37-16-2-4-25(34(30)37)20-38(31)33(41)19-27/h6-15,21,25,27,30-31,34H,2-5,16-20,22H2,1H3/b15-8+/t25-,27+,30+,31+,34-/m0/s1. The van der Waals surface area contributed by atoms with E-state index in [1.54, 1.807) is 43.5 Å². The highest BCUT2D eigenvalue weighted by molar-refractivity contribution is 6.06. The number of nitrogens with zero attached hydrogens (tertiary/aromatic N) is 5. The first kappa shape index (κ1) is 27.8. The summed E-state index contributed by atoms with van der Waals surface area (Å²) in [7, 11) is 1.63. The summed E-state index contributed by atoms with van der Waals surface area (Å²) in [5.41, 5.74) is 2.23. The van der Waals surface area contributed by atoms with Gasteiger partial charge >= 0.3 is 0 Å². The van der Waals surface area contributed by atoms with Crippen LogP contribution >= 0.6 is 0 Å². The van der Waals surface area contributed by atoms with Crippen molar-refractivity contribution < 1.29 is 19.1 Å². The molecule has 1 amide bonds. The van der Waals surface area contributed by atoms with Crippen LogP contribution in [-0.4, -0.2) is 75.3 Å². The Bertz CT molecular complexity index is 1480. The topological polar surface area (TPSA) is 89.8 Å². The molecular weight excluding hydrogens is 542 g/mol. The lowest BCUT2D eigenvalue weighted by molar-refractivity contribution is -0.153. The Labute approximate surface area is 252 Å². The molecule has 43 heavy (non-hydrogen) atoms. The average molecular weight is 582 g/mol. The number of amides is 1. The molecule has 9 heteroatoms. The Morgan fingerprint density at radius 1 is 1.02 bits per heavy atom. The van der Waals surface area contributed by atoms with E-state index >= 15 is 0 Å². The molecule has 2 aromatic carbocycles. The minimum absolute atomic E-state index is 0.0294. The summed E-state index contributed by atoms with van der Waals surface area (Å²) in [4.78, 5) is 30.9. The molecule has 224 valence electrons. The Balaban J connectivity index is 0.952. The summed E-state index contributed by atoms with van der Waals surface area (Å²) in [5, 5.41) is 8.78. The third-order valence-corrected chi connectivity index (χ3v) is 9.92. The molecule has 5 heterocycles. The van der Waals surface area contributed by atoms with Crippen LogP contribution in [0.3, 0.4) is 0 Å². The Kier molecular flexibility index (Phi) is 7.74. The zero-order chi connectivity index (χ0) is 29.3. The second-order valence-corrected chi connectivity index (χ2v) is 12.4. The van der Waals surface area contributed by atoms with Crippen LogP contribution in [0.5, 0.6) is 11.5 Å². The number of piperidine rings is 4. The largest absolute Gasteiger partial charge is 0.497 e. The van der Waals surface area contributed by atoms with Crippen LogP contribution < -0.4 is 9.47 Å². The van der Waals surface area contributed by atoms with Gasteiger partial charge in [-0.05, 0) is 105 Å². The molecule has 4 aliphatic rings. The summed E-state index contributed by atoms with van der Waals surface area (Å²) in [5.74, 6) is 2.82. The molecule has 0 N–H and O–H groups in total. The molecule has 5 atom stereocenters. The van der Waals surface area contributed by atoms with E-state index in [9.17, 15) is 9.59 Å². The van der Waals surface area contributed by atoms with Gasteiger partial charge in [0.15, 0.2) is 5.78 Å². The van der Waals surface area contributed by atoms with Crippen molar-refractivity contribution in [3.05, 3.63) is 77.6 Å². The summed E-state index contributed by atoms with van der Waals surface area (Å²) >= 11 is 0. The van der Waals surface area contributed by atoms with E-state index in [-0.39, 0.29) is 24.3 Å². The molecule has 0 bridgehead atoms. The molecule has 7 rings (SSSR count). The molecule has 0 aliphatic carbocycles. The second-order valence-electron chi connectivity index (χ2n) is 12.4. The van der Waals surface area contributed by atoms with Crippen molar-refractivity contribution in [3.8, 4) is 11.5 Å². The fourth-order valence-electron chi connectivity index (χ4n) is 7.88. The minimum Gasteiger partial charge on any atom is -0.497 e. The molecule has 4 saturated heterocycles. The van der Waals surface area contributed by atoms with Crippen LogP contribution in [0.15, 0.2) is 60.8 Å². The van der Waals surface area contributed by atoms with Crippen molar-refractivity contribution in [1.29, 1.82) is 0 Å². The lowest BCUT2D eigenvalue weighted by Gasteiger charge is -2.59. The number of hydrogen-bond donors (Lipinski definition) is 0. The molecule has 4 aliphatic heterocycles. The Hall–Kier alpha value is -3.98. The van der Waals surface area contributed by atoms with Crippen LogP contribution in [-0.2, 0) is 11.4 Å². The van der Waals surface area contributed by atoms with Crippen molar-refractivity contribution in [2.75, 3.05) is 26.7 Å². The molecule has 0 unspecified atom stereocenters. The quantitative estimate of drug-likeness (QED) is 0.279. The van der Waals surface area contributed by atoms with Crippen molar-refractivity contribution in [2.24, 2.45) is 11.8 Å².